The lowest BCUT2D eigenvalue weighted by atomic mass is 9.93. The Balaban J connectivity index is 0.000000180. The molecule has 1 N–H and O–H groups in total. The van der Waals surface area contributed by atoms with E-state index in [0.29, 0.717) is 0 Å². The highest BCUT2D eigenvalue weighted by Crippen LogP contribution is 2.39. The van der Waals surface area contributed by atoms with Gasteiger partial charge in [-0.1, -0.05) is 103 Å². The van der Waals surface area contributed by atoms with E-state index in [4.69, 9.17) is 4.42 Å². The molecule has 228 valence electrons. The lowest BCUT2D eigenvalue weighted by molar-refractivity contribution is 0.402. The molecule has 4 aliphatic rings. The zero-order chi connectivity index (χ0) is 30.9. The van der Waals surface area contributed by atoms with Crippen molar-refractivity contribution < 1.29 is 4.42 Å². The number of para-hydroxylation sites is 2. The Morgan fingerprint density at radius 2 is 1.42 bits per heavy atom. The fourth-order valence-corrected chi connectivity index (χ4v) is 6.25. The summed E-state index contributed by atoms with van der Waals surface area (Å²) in [6.45, 7) is 4.43. The van der Waals surface area contributed by atoms with Crippen LogP contribution in [-0.4, -0.2) is 5.54 Å². The van der Waals surface area contributed by atoms with Gasteiger partial charge in [-0.15, -0.1) is 0 Å². The lowest BCUT2D eigenvalue weighted by Gasteiger charge is -2.30. The van der Waals surface area contributed by atoms with Crippen LogP contribution in [0.3, 0.4) is 0 Å². The molecule has 4 aliphatic carbocycles. The molecule has 3 nitrogen and oxygen atoms in total. The Kier molecular flexibility index (Phi) is 9.65. The van der Waals surface area contributed by atoms with E-state index in [0.717, 1.165) is 56.5 Å². The zero-order valence-electron chi connectivity index (χ0n) is 26.6. The summed E-state index contributed by atoms with van der Waals surface area (Å²) >= 11 is 0. The first-order chi connectivity index (χ1) is 22.1. The van der Waals surface area contributed by atoms with Crippen molar-refractivity contribution >= 4 is 23.5 Å². The van der Waals surface area contributed by atoms with Crippen molar-refractivity contribution in [1.82, 2.24) is 5.32 Å². The molecule has 0 saturated carbocycles. The average Bonchev–Trinajstić information content (AvgIpc) is 3.13. The number of rotatable bonds is 5. The molecule has 1 heterocycles. The second kappa shape index (κ2) is 14.3. The maximum absolute atomic E-state index is 6.21. The standard InChI is InChI=1S/C26H23NO.C16H21N/c1-19-12-15-23-24-18-22(14-17-26(24)28-25(23)16-13-19)27(20-8-4-2-5-9-20)21-10-6-3-7-11-21;1-16(13-9-5-6-10-14-16)17-15-11-7-3-2-4-8-12-15/h2-13,16,18H,14-15,17H2,1H3;2-3,5-6,8-12,17H,4,7,13-14H2,1H3/b;3-2-,12-8-,15-11?. The van der Waals surface area contributed by atoms with Gasteiger partial charge in [-0.2, -0.15) is 0 Å². The van der Waals surface area contributed by atoms with Gasteiger partial charge in [0.1, 0.15) is 11.5 Å². The Morgan fingerprint density at radius 3 is 2.13 bits per heavy atom. The Hall–Kier alpha value is -4.76. The van der Waals surface area contributed by atoms with Gasteiger partial charge in [0.2, 0.25) is 0 Å². The van der Waals surface area contributed by atoms with Crippen LogP contribution in [0.1, 0.15) is 68.6 Å². The molecular weight excluding hydrogens is 548 g/mol. The third-order valence-electron chi connectivity index (χ3n) is 8.69. The largest absolute Gasteiger partial charge is 0.461 e. The Labute approximate surface area is 269 Å². The van der Waals surface area contributed by atoms with E-state index in [1.54, 1.807) is 0 Å². The lowest BCUT2D eigenvalue weighted by Crippen LogP contribution is -2.40. The highest BCUT2D eigenvalue weighted by Gasteiger charge is 2.25. The van der Waals surface area contributed by atoms with Crippen molar-refractivity contribution in [1.29, 1.82) is 0 Å². The minimum atomic E-state index is 0.141. The van der Waals surface area contributed by atoms with Crippen molar-refractivity contribution in [3.63, 3.8) is 0 Å². The molecule has 0 atom stereocenters. The van der Waals surface area contributed by atoms with Crippen LogP contribution >= 0.6 is 0 Å². The number of fused-ring (bicyclic) bond motifs is 3. The molecule has 0 amide bonds. The van der Waals surface area contributed by atoms with Crippen molar-refractivity contribution in [3.8, 4) is 0 Å². The van der Waals surface area contributed by atoms with E-state index in [1.807, 2.05) is 0 Å². The van der Waals surface area contributed by atoms with Crippen LogP contribution in [-0.2, 0) is 12.8 Å². The number of nitrogens with one attached hydrogen (secondary N) is 1. The van der Waals surface area contributed by atoms with Gasteiger partial charge in [0.15, 0.2) is 0 Å². The van der Waals surface area contributed by atoms with Gasteiger partial charge in [0, 0.05) is 45.9 Å². The first-order valence-corrected chi connectivity index (χ1v) is 16.3. The molecule has 3 aromatic rings. The van der Waals surface area contributed by atoms with Gasteiger partial charge in [-0.25, -0.2) is 0 Å². The normalized spacial score (nSPS) is 19.4. The second-order valence-electron chi connectivity index (χ2n) is 12.4. The summed E-state index contributed by atoms with van der Waals surface area (Å²) in [5.41, 5.74) is 8.94. The van der Waals surface area contributed by atoms with Gasteiger partial charge < -0.3 is 14.6 Å². The molecule has 0 radical (unpaired) electrons. The van der Waals surface area contributed by atoms with Crippen LogP contribution in [0, 0.1) is 0 Å². The fraction of sp³-hybridized carbons (Fsp3) is 0.238. The molecule has 3 heteroatoms. The second-order valence-corrected chi connectivity index (χ2v) is 12.4. The molecule has 0 unspecified atom stereocenters. The predicted octanol–water partition coefficient (Wildman–Crippen LogP) is 11.0. The van der Waals surface area contributed by atoms with Gasteiger partial charge >= 0.3 is 0 Å². The highest BCUT2D eigenvalue weighted by atomic mass is 16.3. The summed E-state index contributed by atoms with van der Waals surface area (Å²) in [5, 5.41) is 3.68. The van der Waals surface area contributed by atoms with E-state index in [1.165, 1.54) is 39.5 Å². The van der Waals surface area contributed by atoms with Crippen LogP contribution in [0.25, 0.3) is 12.2 Å². The molecule has 2 aromatic carbocycles. The average molecular weight is 593 g/mol. The van der Waals surface area contributed by atoms with Crippen molar-refractivity contribution in [2.75, 3.05) is 4.90 Å². The summed E-state index contributed by atoms with van der Waals surface area (Å²) in [4.78, 5) is 2.37. The molecular formula is C42H44N2O. The van der Waals surface area contributed by atoms with Crippen LogP contribution in [0.5, 0.6) is 0 Å². The third-order valence-corrected chi connectivity index (χ3v) is 8.69. The zero-order valence-corrected chi connectivity index (χ0v) is 26.6. The van der Waals surface area contributed by atoms with Gasteiger partial charge in [-0.3, -0.25) is 0 Å². The minimum absolute atomic E-state index is 0.141. The van der Waals surface area contributed by atoms with Crippen molar-refractivity contribution in [2.24, 2.45) is 0 Å². The topological polar surface area (TPSA) is 28.4 Å². The van der Waals surface area contributed by atoms with E-state index >= 15 is 0 Å². The number of nitrogens with zero attached hydrogens (tertiary/aromatic N) is 1. The third kappa shape index (κ3) is 7.67. The quantitative estimate of drug-likeness (QED) is 0.299. The molecule has 0 spiro atoms. The van der Waals surface area contributed by atoms with Gasteiger partial charge in [0.05, 0.1) is 0 Å². The van der Waals surface area contributed by atoms with E-state index in [9.17, 15) is 0 Å². The number of allylic oxidation sites excluding steroid dienone is 11. The van der Waals surface area contributed by atoms with Crippen LogP contribution < -0.4 is 10.2 Å². The summed E-state index contributed by atoms with van der Waals surface area (Å²) < 4.78 is 6.21. The summed E-state index contributed by atoms with van der Waals surface area (Å²) in [7, 11) is 0. The SMILES string of the molecule is CC1(NC2=CC/C=C\C/C=C\2)CC=CC=CC1.CC1=CCc2c(oc3c2C=C(N(c2ccccc2)c2ccccc2)CC3)C=C1. The first kappa shape index (κ1) is 30.3. The predicted molar refractivity (Wildman–Crippen MR) is 191 cm³/mol. The molecule has 0 aliphatic heterocycles. The minimum Gasteiger partial charge on any atom is -0.461 e. The van der Waals surface area contributed by atoms with E-state index < -0.39 is 0 Å². The van der Waals surface area contributed by atoms with Crippen molar-refractivity contribution in [2.45, 2.75) is 64.3 Å². The fourth-order valence-electron chi connectivity index (χ4n) is 6.25. The van der Waals surface area contributed by atoms with E-state index in [-0.39, 0.29) is 5.54 Å². The maximum atomic E-state index is 6.21. The van der Waals surface area contributed by atoms with Gasteiger partial charge in [-0.05, 0) is 94.9 Å². The number of anilines is 2. The first-order valence-electron chi connectivity index (χ1n) is 16.3. The number of hydrogen-bond acceptors (Lipinski definition) is 3. The summed E-state index contributed by atoms with van der Waals surface area (Å²) in [6, 6.07) is 21.2. The van der Waals surface area contributed by atoms with Crippen LogP contribution in [0.2, 0.25) is 0 Å². The summed E-state index contributed by atoms with van der Waals surface area (Å²) in [6.07, 6.45) is 35.8. The maximum Gasteiger partial charge on any atom is 0.131 e. The molecule has 7 rings (SSSR count). The molecule has 0 bridgehead atoms. The Morgan fingerprint density at radius 1 is 0.733 bits per heavy atom. The van der Waals surface area contributed by atoms with Gasteiger partial charge in [0.25, 0.3) is 0 Å². The molecule has 1 aromatic heterocycles. The highest BCUT2D eigenvalue weighted by molar-refractivity contribution is 5.76. The molecule has 0 saturated heterocycles. The number of aryl methyl sites for hydroxylation is 1. The monoisotopic (exact) mass is 592 g/mol. The van der Waals surface area contributed by atoms with E-state index in [2.05, 4.69) is 164 Å². The number of furan rings is 1. The smallest absolute Gasteiger partial charge is 0.131 e. The number of hydrogen-bond donors (Lipinski definition) is 1. The van der Waals surface area contributed by atoms with Crippen molar-refractivity contribution in [3.05, 3.63) is 167 Å². The Bertz CT molecular complexity index is 1650. The van der Waals surface area contributed by atoms with Crippen LogP contribution in [0.15, 0.2) is 149 Å². The summed E-state index contributed by atoms with van der Waals surface area (Å²) in [5.74, 6) is 2.13. The molecule has 0 fully saturated rings. The number of benzene rings is 2. The van der Waals surface area contributed by atoms with Crippen LogP contribution in [0.4, 0.5) is 11.4 Å². The molecule has 45 heavy (non-hydrogen) atoms.